The van der Waals surface area contributed by atoms with Gasteiger partial charge in [-0.1, -0.05) is 6.07 Å². The first-order valence-electron chi connectivity index (χ1n) is 6.02. The minimum Gasteiger partial charge on any atom is -0.398 e. The molecule has 0 fully saturated rings. The number of rotatable bonds is 6. The van der Waals surface area contributed by atoms with E-state index >= 15 is 0 Å². The Hall–Kier alpha value is -1.93. The summed E-state index contributed by atoms with van der Waals surface area (Å²) in [6, 6.07) is 3.77. The van der Waals surface area contributed by atoms with Crippen molar-refractivity contribution < 1.29 is 12.8 Å². The lowest BCUT2D eigenvalue weighted by atomic mass is 10.3. The first-order chi connectivity index (χ1) is 9.50. The molecule has 0 atom stereocenters. The molecule has 0 aliphatic heterocycles. The number of hydrogen-bond acceptors (Lipinski definition) is 4. The second kappa shape index (κ2) is 6.02. The zero-order chi connectivity index (χ0) is 14.6. The minimum atomic E-state index is -3.94. The van der Waals surface area contributed by atoms with Crippen molar-refractivity contribution in [3.8, 4) is 0 Å². The number of sulfonamides is 1. The van der Waals surface area contributed by atoms with Crippen molar-refractivity contribution in [1.29, 1.82) is 0 Å². The molecule has 0 saturated carbocycles. The van der Waals surface area contributed by atoms with E-state index in [-0.39, 0.29) is 12.2 Å². The van der Waals surface area contributed by atoms with Crippen LogP contribution >= 0.6 is 0 Å². The number of nitrogen functional groups attached to an aromatic ring is 1. The van der Waals surface area contributed by atoms with Crippen LogP contribution in [0, 0.1) is 5.82 Å². The number of benzene rings is 1. The molecule has 0 unspecified atom stereocenters. The maximum Gasteiger partial charge on any atom is 0.245 e. The molecule has 2 rings (SSSR count). The molecule has 2 aromatic rings. The Morgan fingerprint density at radius 3 is 2.85 bits per heavy atom. The van der Waals surface area contributed by atoms with Crippen LogP contribution in [-0.2, 0) is 16.4 Å². The van der Waals surface area contributed by atoms with E-state index in [1.165, 1.54) is 12.1 Å². The molecule has 1 aromatic carbocycles. The summed E-state index contributed by atoms with van der Waals surface area (Å²) in [6.45, 7) is 0.177. The van der Waals surface area contributed by atoms with Gasteiger partial charge in [-0.25, -0.2) is 22.5 Å². The van der Waals surface area contributed by atoms with Crippen molar-refractivity contribution >= 4 is 15.7 Å². The van der Waals surface area contributed by atoms with E-state index in [4.69, 9.17) is 5.73 Å². The van der Waals surface area contributed by atoms with E-state index in [0.717, 1.165) is 11.9 Å². The van der Waals surface area contributed by atoms with E-state index in [1.54, 1.807) is 12.4 Å². The maximum atomic E-state index is 13.6. The Bertz CT molecular complexity index is 651. The lowest BCUT2D eigenvalue weighted by Gasteiger charge is -2.09. The summed E-state index contributed by atoms with van der Waals surface area (Å²) in [4.78, 5) is 6.44. The predicted molar refractivity (Wildman–Crippen MR) is 72.9 cm³/mol. The van der Waals surface area contributed by atoms with Crippen molar-refractivity contribution in [2.45, 2.75) is 17.7 Å². The van der Waals surface area contributed by atoms with Gasteiger partial charge < -0.3 is 10.7 Å². The number of nitrogens with zero attached hydrogens (tertiary/aromatic N) is 1. The van der Waals surface area contributed by atoms with Crippen LogP contribution in [0.1, 0.15) is 12.2 Å². The van der Waals surface area contributed by atoms with Gasteiger partial charge in [-0.15, -0.1) is 0 Å². The second-order valence-corrected chi connectivity index (χ2v) is 5.90. The second-order valence-electron chi connectivity index (χ2n) is 4.20. The number of halogens is 1. The number of H-pyrrole nitrogens is 1. The number of nitrogens with two attached hydrogens (primary N) is 1. The van der Waals surface area contributed by atoms with E-state index < -0.39 is 20.7 Å². The average Bonchev–Trinajstić information content (AvgIpc) is 2.87. The van der Waals surface area contributed by atoms with Gasteiger partial charge >= 0.3 is 0 Å². The summed E-state index contributed by atoms with van der Waals surface area (Å²) < 4.78 is 39.9. The van der Waals surface area contributed by atoms with Crippen molar-refractivity contribution in [2.24, 2.45) is 0 Å². The number of aromatic amines is 1. The number of anilines is 1. The fourth-order valence-corrected chi connectivity index (χ4v) is 3.04. The highest BCUT2D eigenvalue weighted by molar-refractivity contribution is 7.89. The summed E-state index contributed by atoms with van der Waals surface area (Å²) in [6.07, 6.45) is 4.46. The van der Waals surface area contributed by atoms with Crippen LogP contribution < -0.4 is 10.5 Å². The SMILES string of the molecule is Nc1cccc(F)c1S(=O)(=O)NCCCc1ncc[nH]1. The summed E-state index contributed by atoms with van der Waals surface area (Å²) in [7, 11) is -3.94. The van der Waals surface area contributed by atoms with Crippen molar-refractivity contribution in [3.63, 3.8) is 0 Å². The number of aromatic nitrogens is 2. The van der Waals surface area contributed by atoms with Gasteiger partial charge in [0.15, 0.2) is 0 Å². The van der Waals surface area contributed by atoms with Gasteiger partial charge in [-0.05, 0) is 18.6 Å². The average molecular weight is 298 g/mol. The van der Waals surface area contributed by atoms with Crippen LogP contribution in [0.5, 0.6) is 0 Å². The number of imidazole rings is 1. The van der Waals surface area contributed by atoms with E-state index in [2.05, 4.69) is 14.7 Å². The Kier molecular flexibility index (Phi) is 4.35. The third-order valence-electron chi connectivity index (χ3n) is 2.70. The molecule has 1 heterocycles. The van der Waals surface area contributed by atoms with Gasteiger partial charge in [-0.3, -0.25) is 0 Å². The molecule has 0 aliphatic carbocycles. The smallest absolute Gasteiger partial charge is 0.245 e. The molecule has 108 valence electrons. The molecule has 0 amide bonds. The first-order valence-corrected chi connectivity index (χ1v) is 7.51. The van der Waals surface area contributed by atoms with Gasteiger partial charge in [-0.2, -0.15) is 0 Å². The molecule has 0 spiro atoms. The molecular weight excluding hydrogens is 283 g/mol. The van der Waals surface area contributed by atoms with Crippen LogP contribution in [0.15, 0.2) is 35.5 Å². The Balaban J connectivity index is 1.97. The zero-order valence-corrected chi connectivity index (χ0v) is 11.5. The summed E-state index contributed by atoms with van der Waals surface area (Å²) >= 11 is 0. The molecule has 20 heavy (non-hydrogen) atoms. The zero-order valence-electron chi connectivity index (χ0n) is 10.6. The van der Waals surface area contributed by atoms with Crippen LogP contribution in [0.25, 0.3) is 0 Å². The number of aryl methyl sites for hydroxylation is 1. The first kappa shape index (κ1) is 14.5. The topological polar surface area (TPSA) is 101 Å². The maximum absolute atomic E-state index is 13.6. The van der Waals surface area contributed by atoms with Crippen LogP contribution in [-0.4, -0.2) is 24.9 Å². The third kappa shape index (κ3) is 3.34. The van der Waals surface area contributed by atoms with Crippen molar-refractivity contribution in [3.05, 3.63) is 42.2 Å². The van der Waals surface area contributed by atoms with Crippen LogP contribution in [0.2, 0.25) is 0 Å². The van der Waals surface area contributed by atoms with E-state index in [0.29, 0.717) is 12.8 Å². The molecule has 6 nitrogen and oxygen atoms in total. The Morgan fingerprint density at radius 1 is 1.40 bits per heavy atom. The summed E-state index contributed by atoms with van der Waals surface area (Å²) in [5, 5.41) is 0. The highest BCUT2D eigenvalue weighted by Gasteiger charge is 2.21. The Labute approximate surface area is 116 Å². The molecule has 0 radical (unpaired) electrons. The summed E-state index contributed by atoms with van der Waals surface area (Å²) in [5.74, 6) is -0.0851. The highest BCUT2D eigenvalue weighted by atomic mass is 32.2. The third-order valence-corrected chi connectivity index (χ3v) is 4.26. The summed E-state index contributed by atoms with van der Waals surface area (Å²) in [5.41, 5.74) is 5.41. The standard InChI is InChI=1S/C12H15FN4O2S/c13-9-3-1-4-10(14)12(9)20(18,19)17-6-2-5-11-15-7-8-16-11/h1,3-4,7-8,17H,2,5-6,14H2,(H,15,16). The van der Waals surface area contributed by atoms with Gasteiger partial charge in [0.25, 0.3) is 0 Å². The lowest BCUT2D eigenvalue weighted by Crippen LogP contribution is -2.27. The normalized spacial score (nSPS) is 11.7. The highest BCUT2D eigenvalue weighted by Crippen LogP contribution is 2.21. The molecule has 4 N–H and O–H groups in total. The van der Waals surface area contributed by atoms with Gasteiger partial charge in [0.05, 0.1) is 5.69 Å². The van der Waals surface area contributed by atoms with Gasteiger partial charge in [0.2, 0.25) is 10.0 Å². The minimum absolute atomic E-state index is 0.108. The van der Waals surface area contributed by atoms with Crippen LogP contribution in [0.4, 0.5) is 10.1 Å². The predicted octanol–water partition coefficient (Wildman–Crippen LogP) is 1.04. The van der Waals surface area contributed by atoms with Crippen LogP contribution in [0.3, 0.4) is 0 Å². The fraction of sp³-hybridized carbons (Fsp3) is 0.250. The molecule has 0 saturated heterocycles. The van der Waals surface area contributed by atoms with Crippen molar-refractivity contribution in [2.75, 3.05) is 12.3 Å². The van der Waals surface area contributed by atoms with Gasteiger partial charge in [0, 0.05) is 25.4 Å². The van der Waals surface area contributed by atoms with Gasteiger partial charge in [0.1, 0.15) is 16.5 Å². The largest absolute Gasteiger partial charge is 0.398 e. The molecule has 1 aromatic heterocycles. The fourth-order valence-electron chi connectivity index (χ4n) is 1.78. The van der Waals surface area contributed by atoms with Crippen molar-refractivity contribution in [1.82, 2.24) is 14.7 Å². The Morgan fingerprint density at radius 2 is 2.20 bits per heavy atom. The van der Waals surface area contributed by atoms with E-state index in [9.17, 15) is 12.8 Å². The number of nitrogens with one attached hydrogen (secondary N) is 2. The lowest BCUT2D eigenvalue weighted by molar-refractivity contribution is 0.556. The molecule has 0 aliphatic rings. The number of hydrogen-bond donors (Lipinski definition) is 3. The van der Waals surface area contributed by atoms with E-state index in [1.807, 2.05) is 0 Å². The quantitative estimate of drug-likeness (QED) is 0.548. The molecule has 0 bridgehead atoms. The molecular formula is C12H15FN4O2S. The molecule has 8 heteroatoms. The monoisotopic (exact) mass is 298 g/mol.